The molecule has 2 aromatic heterocycles. The summed E-state index contributed by atoms with van der Waals surface area (Å²) in [6, 6.07) is 8.06. The molecule has 0 radical (unpaired) electrons. The van der Waals surface area contributed by atoms with Gasteiger partial charge in [-0.05, 0) is 32.4 Å². The summed E-state index contributed by atoms with van der Waals surface area (Å²) in [6.07, 6.45) is 1.57. The predicted octanol–water partition coefficient (Wildman–Crippen LogP) is 3.89. The topological polar surface area (TPSA) is 82.1 Å². The number of hydrogen-bond donors (Lipinski definition) is 2. The number of aromatic nitrogens is 3. The average Bonchev–Trinajstić information content (AvgIpc) is 3.05. The molecular weight excluding hydrogens is 312 g/mol. The van der Waals surface area contributed by atoms with E-state index in [9.17, 15) is 9.90 Å². The standard InChI is InChI=1S/C16H18N4O2S/c1-16(2,3)20(15(21)22)14-19-18-13(23-14)8-10-9-17-12-7-5-4-6-11(10)12/h4-7,9,17H,8H2,1-3H3,(H,21,22). The second-order valence-corrected chi connectivity index (χ2v) is 7.34. The van der Waals surface area contributed by atoms with Gasteiger partial charge in [0.25, 0.3) is 0 Å². The first kappa shape index (κ1) is 15.5. The molecule has 3 aromatic rings. The number of hydrogen-bond acceptors (Lipinski definition) is 4. The summed E-state index contributed by atoms with van der Waals surface area (Å²) in [5.74, 6) is 0. The monoisotopic (exact) mass is 330 g/mol. The smallest absolute Gasteiger partial charge is 0.414 e. The largest absolute Gasteiger partial charge is 0.465 e. The van der Waals surface area contributed by atoms with Crippen LogP contribution in [0.1, 0.15) is 31.3 Å². The van der Waals surface area contributed by atoms with Gasteiger partial charge in [-0.25, -0.2) is 9.69 Å². The Kier molecular flexibility index (Phi) is 3.81. The Bertz CT molecular complexity index is 847. The summed E-state index contributed by atoms with van der Waals surface area (Å²) in [5, 5.41) is 20.0. The van der Waals surface area contributed by atoms with Crippen molar-refractivity contribution in [1.82, 2.24) is 15.2 Å². The fourth-order valence-electron chi connectivity index (χ4n) is 2.50. The average molecular weight is 330 g/mol. The Balaban J connectivity index is 1.89. The van der Waals surface area contributed by atoms with Gasteiger partial charge in [-0.1, -0.05) is 29.5 Å². The Labute approximate surface area is 137 Å². The number of aromatic amines is 1. The number of amides is 1. The molecular formula is C16H18N4O2S. The van der Waals surface area contributed by atoms with E-state index in [0.717, 1.165) is 21.5 Å². The molecule has 0 bridgehead atoms. The third-order valence-electron chi connectivity index (χ3n) is 3.53. The second-order valence-electron chi connectivity index (χ2n) is 6.30. The zero-order valence-corrected chi connectivity index (χ0v) is 14.0. The zero-order chi connectivity index (χ0) is 16.6. The molecule has 0 aliphatic heterocycles. The lowest BCUT2D eigenvalue weighted by atomic mass is 10.1. The van der Waals surface area contributed by atoms with Gasteiger partial charge in [0.2, 0.25) is 5.13 Å². The molecule has 0 saturated carbocycles. The number of nitrogens with one attached hydrogen (secondary N) is 1. The first-order valence-electron chi connectivity index (χ1n) is 7.27. The molecule has 23 heavy (non-hydrogen) atoms. The number of carboxylic acid groups (broad SMARTS) is 1. The first-order chi connectivity index (χ1) is 10.9. The van der Waals surface area contributed by atoms with Crippen LogP contribution >= 0.6 is 11.3 Å². The molecule has 0 aliphatic rings. The fraction of sp³-hybridized carbons (Fsp3) is 0.312. The third kappa shape index (κ3) is 3.05. The van der Waals surface area contributed by atoms with Gasteiger partial charge < -0.3 is 10.1 Å². The van der Waals surface area contributed by atoms with Crippen LogP contribution in [0, 0.1) is 0 Å². The highest BCUT2D eigenvalue weighted by Crippen LogP contribution is 2.29. The van der Waals surface area contributed by atoms with Crippen LogP contribution in [-0.2, 0) is 6.42 Å². The lowest BCUT2D eigenvalue weighted by molar-refractivity contribution is 0.195. The van der Waals surface area contributed by atoms with Gasteiger partial charge in [0.15, 0.2) is 0 Å². The van der Waals surface area contributed by atoms with E-state index < -0.39 is 11.6 Å². The van der Waals surface area contributed by atoms with Gasteiger partial charge in [-0.3, -0.25) is 0 Å². The molecule has 2 N–H and O–H groups in total. The minimum Gasteiger partial charge on any atom is -0.465 e. The molecule has 2 heterocycles. The van der Waals surface area contributed by atoms with Crippen molar-refractivity contribution in [3.63, 3.8) is 0 Å². The summed E-state index contributed by atoms with van der Waals surface area (Å²) in [7, 11) is 0. The minimum absolute atomic E-state index is 0.403. The van der Waals surface area contributed by atoms with Crippen LogP contribution in [-0.4, -0.2) is 31.9 Å². The maximum absolute atomic E-state index is 11.5. The number of benzene rings is 1. The maximum Gasteiger partial charge on any atom is 0.414 e. The molecule has 120 valence electrons. The molecule has 0 saturated heterocycles. The number of rotatable bonds is 3. The molecule has 0 aliphatic carbocycles. The van der Waals surface area contributed by atoms with Gasteiger partial charge in [0, 0.05) is 29.1 Å². The van der Waals surface area contributed by atoms with Crippen molar-refractivity contribution in [3.05, 3.63) is 41.0 Å². The van der Waals surface area contributed by atoms with Crippen LogP contribution in [0.3, 0.4) is 0 Å². The summed E-state index contributed by atoms with van der Waals surface area (Å²) in [4.78, 5) is 16.0. The van der Waals surface area contributed by atoms with E-state index >= 15 is 0 Å². The van der Waals surface area contributed by atoms with Crippen molar-refractivity contribution in [2.24, 2.45) is 0 Å². The van der Waals surface area contributed by atoms with Gasteiger partial charge in [0.05, 0.1) is 0 Å². The van der Waals surface area contributed by atoms with Crippen LogP contribution in [0.5, 0.6) is 0 Å². The Hall–Kier alpha value is -2.41. The molecule has 1 aromatic carbocycles. The summed E-state index contributed by atoms with van der Waals surface area (Å²) in [5.41, 5.74) is 1.64. The Morgan fingerprint density at radius 3 is 2.74 bits per heavy atom. The molecule has 0 spiro atoms. The highest BCUT2D eigenvalue weighted by atomic mass is 32.1. The van der Waals surface area contributed by atoms with Gasteiger partial charge >= 0.3 is 6.09 Å². The summed E-state index contributed by atoms with van der Waals surface area (Å²) in [6.45, 7) is 5.51. The Morgan fingerprint density at radius 2 is 2.04 bits per heavy atom. The molecule has 1 amide bonds. The van der Waals surface area contributed by atoms with E-state index in [1.54, 1.807) is 0 Å². The van der Waals surface area contributed by atoms with Gasteiger partial charge in [0.1, 0.15) is 5.01 Å². The Morgan fingerprint density at radius 1 is 1.30 bits per heavy atom. The fourth-order valence-corrected chi connectivity index (χ4v) is 3.55. The van der Waals surface area contributed by atoms with E-state index in [4.69, 9.17) is 0 Å². The summed E-state index contributed by atoms with van der Waals surface area (Å²) < 4.78 is 0. The van der Waals surface area contributed by atoms with Crippen LogP contribution < -0.4 is 4.90 Å². The van der Waals surface area contributed by atoms with Crippen LogP contribution in [0.4, 0.5) is 9.93 Å². The van der Waals surface area contributed by atoms with Crippen LogP contribution in [0.25, 0.3) is 10.9 Å². The molecule has 0 atom stereocenters. The number of carbonyl (C=O) groups is 1. The zero-order valence-electron chi connectivity index (χ0n) is 13.2. The first-order valence-corrected chi connectivity index (χ1v) is 8.08. The lowest BCUT2D eigenvalue weighted by Crippen LogP contribution is -2.45. The molecule has 7 heteroatoms. The van der Waals surface area contributed by atoms with E-state index in [1.807, 2.05) is 45.2 Å². The van der Waals surface area contributed by atoms with Gasteiger partial charge in [-0.15, -0.1) is 10.2 Å². The van der Waals surface area contributed by atoms with Crippen LogP contribution in [0.2, 0.25) is 0 Å². The second kappa shape index (κ2) is 5.66. The van der Waals surface area contributed by atoms with E-state index in [2.05, 4.69) is 21.2 Å². The van der Waals surface area contributed by atoms with Crippen molar-refractivity contribution in [3.8, 4) is 0 Å². The van der Waals surface area contributed by atoms with Gasteiger partial charge in [-0.2, -0.15) is 0 Å². The highest BCUT2D eigenvalue weighted by molar-refractivity contribution is 7.15. The number of H-pyrrole nitrogens is 1. The van der Waals surface area contributed by atoms with E-state index in [1.165, 1.54) is 16.2 Å². The van der Waals surface area contributed by atoms with Crippen molar-refractivity contribution in [2.75, 3.05) is 4.90 Å². The normalized spacial score (nSPS) is 11.8. The number of nitrogens with zero attached hydrogens (tertiary/aromatic N) is 3. The minimum atomic E-state index is -1.02. The SMILES string of the molecule is CC(C)(C)N(C(=O)O)c1nnc(Cc2c[nH]c3ccccc23)s1. The molecule has 0 unspecified atom stereocenters. The highest BCUT2D eigenvalue weighted by Gasteiger charge is 2.30. The quantitative estimate of drug-likeness (QED) is 0.763. The lowest BCUT2D eigenvalue weighted by Gasteiger charge is -2.30. The molecule has 3 rings (SSSR count). The number of para-hydroxylation sites is 1. The van der Waals surface area contributed by atoms with Crippen molar-refractivity contribution in [1.29, 1.82) is 0 Å². The predicted molar refractivity (Wildman–Crippen MR) is 91.3 cm³/mol. The number of anilines is 1. The van der Waals surface area contributed by atoms with E-state index in [0.29, 0.717) is 11.6 Å². The van der Waals surface area contributed by atoms with Crippen molar-refractivity contribution < 1.29 is 9.90 Å². The van der Waals surface area contributed by atoms with E-state index in [-0.39, 0.29) is 0 Å². The molecule has 0 fully saturated rings. The van der Waals surface area contributed by atoms with Crippen molar-refractivity contribution >= 4 is 33.5 Å². The van der Waals surface area contributed by atoms with Crippen molar-refractivity contribution in [2.45, 2.75) is 32.7 Å². The maximum atomic E-state index is 11.5. The molecule has 6 nitrogen and oxygen atoms in total. The third-order valence-corrected chi connectivity index (χ3v) is 4.43. The summed E-state index contributed by atoms with van der Waals surface area (Å²) >= 11 is 1.31. The number of fused-ring (bicyclic) bond motifs is 1. The van der Waals surface area contributed by atoms with Crippen LogP contribution in [0.15, 0.2) is 30.5 Å².